The Bertz CT molecular complexity index is 1030. The van der Waals surface area contributed by atoms with Gasteiger partial charge in [0.1, 0.15) is 5.82 Å². The van der Waals surface area contributed by atoms with Crippen LogP contribution < -0.4 is 16.4 Å². The van der Waals surface area contributed by atoms with Crippen LogP contribution in [0.15, 0.2) is 59.5 Å². The molecule has 0 fully saturated rings. The smallest absolute Gasteiger partial charge is 0.323 e. The topological polar surface area (TPSA) is 130 Å². The standard InChI is InChI=1S/C20H19N5O3S/c1-29-17-15(11-16(26)27)24-19(25-18(17)21)12-7-9-14(10-8-12)23-20(28)22-13-5-3-2-4-6-13/h2-10H,11H2,1H3,(H,26,27)(H2,21,24,25)(H2,22,23,28). The molecule has 9 heteroatoms. The number of anilines is 3. The molecule has 0 saturated carbocycles. The van der Waals surface area contributed by atoms with Gasteiger partial charge in [-0.25, -0.2) is 14.8 Å². The van der Waals surface area contributed by atoms with Gasteiger partial charge in [0.05, 0.1) is 17.0 Å². The normalized spacial score (nSPS) is 10.4. The van der Waals surface area contributed by atoms with Crippen LogP contribution in [0, 0.1) is 0 Å². The number of carboxylic acids is 1. The molecule has 0 aliphatic carbocycles. The summed E-state index contributed by atoms with van der Waals surface area (Å²) in [5.74, 6) is -0.423. The van der Waals surface area contributed by atoms with E-state index < -0.39 is 5.97 Å². The number of aliphatic carboxylic acids is 1. The van der Waals surface area contributed by atoms with Gasteiger partial charge in [-0.2, -0.15) is 0 Å². The Hall–Kier alpha value is -3.59. The average Bonchev–Trinajstić information content (AvgIpc) is 2.68. The van der Waals surface area contributed by atoms with Gasteiger partial charge in [-0.05, 0) is 42.7 Å². The Labute approximate surface area is 171 Å². The molecule has 0 aliphatic heterocycles. The van der Waals surface area contributed by atoms with Crippen molar-refractivity contribution in [1.82, 2.24) is 9.97 Å². The summed E-state index contributed by atoms with van der Waals surface area (Å²) < 4.78 is 0. The maximum atomic E-state index is 12.1. The van der Waals surface area contributed by atoms with Crippen LogP contribution in [-0.4, -0.2) is 33.3 Å². The molecule has 0 saturated heterocycles. The van der Waals surface area contributed by atoms with E-state index in [-0.39, 0.29) is 18.3 Å². The van der Waals surface area contributed by atoms with Crippen molar-refractivity contribution in [1.29, 1.82) is 0 Å². The lowest BCUT2D eigenvalue weighted by Crippen LogP contribution is -2.19. The highest BCUT2D eigenvalue weighted by atomic mass is 32.2. The summed E-state index contributed by atoms with van der Waals surface area (Å²) in [7, 11) is 0. The molecular weight excluding hydrogens is 390 g/mol. The van der Waals surface area contributed by atoms with Gasteiger partial charge >= 0.3 is 12.0 Å². The number of urea groups is 1. The van der Waals surface area contributed by atoms with Crippen molar-refractivity contribution in [3.8, 4) is 11.4 Å². The van der Waals surface area contributed by atoms with Gasteiger partial charge in [0.25, 0.3) is 0 Å². The largest absolute Gasteiger partial charge is 0.481 e. The molecule has 1 aromatic heterocycles. The number of hydrogen-bond acceptors (Lipinski definition) is 6. The Morgan fingerprint density at radius 3 is 2.21 bits per heavy atom. The minimum absolute atomic E-state index is 0.239. The van der Waals surface area contributed by atoms with Crippen molar-refractivity contribution in [2.24, 2.45) is 0 Å². The number of nitrogen functional groups attached to an aromatic ring is 1. The van der Waals surface area contributed by atoms with Gasteiger partial charge in [-0.15, -0.1) is 11.8 Å². The number of amides is 2. The van der Waals surface area contributed by atoms with Gasteiger partial charge in [-0.3, -0.25) is 4.79 Å². The molecule has 0 unspecified atom stereocenters. The summed E-state index contributed by atoms with van der Waals surface area (Å²) in [5, 5.41) is 14.6. The van der Waals surface area contributed by atoms with E-state index in [1.165, 1.54) is 11.8 Å². The highest BCUT2D eigenvalue weighted by Gasteiger charge is 2.15. The summed E-state index contributed by atoms with van der Waals surface area (Å²) in [6.45, 7) is 0. The first-order chi connectivity index (χ1) is 14.0. The highest BCUT2D eigenvalue weighted by molar-refractivity contribution is 7.98. The molecule has 0 spiro atoms. The number of thioether (sulfide) groups is 1. The molecule has 29 heavy (non-hydrogen) atoms. The predicted octanol–water partition coefficient (Wildman–Crippen LogP) is 3.72. The van der Waals surface area contributed by atoms with E-state index in [9.17, 15) is 9.59 Å². The Morgan fingerprint density at radius 1 is 1.00 bits per heavy atom. The molecular formula is C20H19N5O3S. The number of nitrogens with two attached hydrogens (primary N) is 1. The zero-order valence-corrected chi connectivity index (χ0v) is 16.4. The van der Waals surface area contributed by atoms with Crippen LogP contribution in [-0.2, 0) is 11.2 Å². The predicted molar refractivity (Wildman–Crippen MR) is 114 cm³/mol. The Morgan fingerprint density at radius 2 is 1.62 bits per heavy atom. The van der Waals surface area contributed by atoms with Crippen LogP contribution in [0.5, 0.6) is 0 Å². The van der Waals surface area contributed by atoms with Crippen LogP contribution >= 0.6 is 11.8 Å². The summed E-state index contributed by atoms with van der Waals surface area (Å²) in [6, 6.07) is 15.6. The number of rotatable bonds is 6. The lowest BCUT2D eigenvalue weighted by molar-refractivity contribution is -0.136. The van der Waals surface area contributed by atoms with Crippen LogP contribution in [0.4, 0.5) is 22.0 Å². The third-order valence-corrected chi connectivity index (χ3v) is 4.77. The number of nitrogens with one attached hydrogen (secondary N) is 2. The fourth-order valence-electron chi connectivity index (χ4n) is 2.65. The Kier molecular flexibility index (Phi) is 6.30. The maximum absolute atomic E-state index is 12.1. The quantitative estimate of drug-likeness (QED) is 0.456. The number of hydrogen-bond donors (Lipinski definition) is 4. The van der Waals surface area contributed by atoms with E-state index in [2.05, 4.69) is 20.6 Å². The molecule has 0 atom stereocenters. The molecule has 3 rings (SSSR count). The first kappa shape index (κ1) is 20.2. The van der Waals surface area contributed by atoms with E-state index in [4.69, 9.17) is 10.8 Å². The lowest BCUT2D eigenvalue weighted by atomic mass is 10.2. The van der Waals surface area contributed by atoms with Crippen LogP contribution in [0.25, 0.3) is 11.4 Å². The molecule has 148 valence electrons. The fraction of sp³-hybridized carbons (Fsp3) is 0.100. The molecule has 0 aliphatic rings. The average molecular weight is 409 g/mol. The number of para-hydroxylation sites is 1. The SMILES string of the molecule is CSc1c(N)nc(-c2ccc(NC(=O)Nc3ccccc3)cc2)nc1CC(=O)O. The number of carboxylic acid groups (broad SMARTS) is 1. The second-order valence-electron chi connectivity index (χ2n) is 6.01. The van der Waals surface area contributed by atoms with Crippen molar-refractivity contribution in [3.63, 3.8) is 0 Å². The van der Waals surface area contributed by atoms with Gasteiger partial charge in [0.15, 0.2) is 5.82 Å². The van der Waals surface area contributed by atoms with Crippen molar-refractivity contribution < 1.29 is 14.7 Å². The second kappa shape index (κ2) is 9.07. The van der Waals surface area contributed by atoms with E-state index in [1.54, 1.807) is 42.7 Å². The summed E-state index contributed by atoms with van der Waals surface area (Å²) >= 11 is 1.31. The van der Waals surface area contributed by atoms with Gasteiger partial charge in [0.2, 0.25) is 0 Å². The maximum Gasteiger partial charge on any atom is 0.323 e. The third kappa shape index (κ3) is 5.23. The summed E-state index contributed by atoms with van der Waals surface area (Å²) in [4.78, 5) is 32.4. The van der Waals surface area contributed by atoms with E-state index in [1.807, 2.05) is 18.2 Å². The van der Waals surface area contributed by atoms with Gasteiger partial charge in [0, 0.05) is 16.9 Å². The zero-order chi connectivity index (χ0) is 20.8. The molecule has 0 radical (unpaired) electrons. The van der Waals surface area contributed by atoms with E-state index in [0.717, 1.165) is 0 Å². The Balaban J connectivity index is 1.76. The molecule has 5 N–H and O–H groups in total. The van der Waals surface area contributed by atoms with Crippen LogP contribution in [0.3, 0.4) is 0 Å². The van der Waals surface area contributed by atoms with E-state index >= 15 is 0 Å². The van der Waals surface area contributed by atoms with Crippen molar-refractivity contribution in [3.05, 3.63) is 60.3 Å². The van der Waals surface area contributed by atoms with Crippen molar-refractivity contribution in [2.45, 2.75) is 11.3 Å². The number of nitrogens with zero attached hydrogens (tertiary/aromatic N) is 2. The summed E-state index contributed by atoms with van der Waals surface area (Å²) in [5.41, 5.74) is 8.28. The van der Waals surface area contributed by atoms with Crippen LogP contribution in [0.1, 0.15) is 5.69 Å². The fourth-order valence-corrected chi connectivity index (χ4v) is 3.26. The number of benzene rings is 2. The number of aromatic nitrogens is 2. The van der Waals surface area contributed by atoms with Gasteiger partial charge in [-0.1, -0.05) is 18.2 Å². The lowest BCUT2D eigenvalue weighted by Gasteiger charge is -2.11. The van der Waals surface area contributed by atoms with Crippen molar-refractivity contribution >= 4 is 41.0 Å². The number of carbonyl (C=O) groups excluding carboxylic acids is 1. The second-order valence-corrected chi connectivity index (χ2v) is 6.82. The first-order valence-electron chi connectivity index (χ1n) is 8.62. The molecule has 0 bridgehead atoms. The summed E-state index contributed by atoms with van der Waals surface area (Å²) in [6.07, 6.45) is 1.55. The first-order valence-corrected chi connectivity index (χ1v) is 9.84. The minimum atomic E-state index is -0.992. The third-order valence-electron chi connectivity index (χ3n) is 3.92. The monoisotopic (exact) mass is 409 g/mol. The molecule has 3 aromatic rings. The molecule has 1 heterocycles. The zero-order valence-electron chi connectivity index (χ0n) is 15.5. The number of carbonyl (C=O) groups is 2. The van der Waals surface area contributed by atoms with Crippen molar-refractivity contribution in [2.75, 3.05) is 22.6 Å². The minimum Gasteiger partial charge on any atom is -0.481 e. The molecule has 2 aromatic carbocycles. The highest BCUT2D eigenvalue weighted by Crippen LogP contribution is 2.28. The van der Waals surface area contributed by atoms with Crippen LogP contribution in [0.2, 0.25) is 0 Å². The van der Waals surface area contributed by atoms with E-state index in [0.29, 0.717) is 33.4 Å². The molecule has 2 amide bonds. The van der Waals surface area contributed by atoms with Gasteiger partial charge < -0.3 is 21.5 Å². The molecule has 8 nitrogen and oxygen atoms in total.